The molecule has 1 aliphatic heterocycles. The molecule has 3 rings (SSSR count). The van der Waals surface area contributed by atoms with Crippen LogP contribution in [-0.4, -0.2) is 27.8 Å². The number of aromatic hydroxyl groups is 2. The lowest BCUT2D eigenvalue weighted by Gasteiger charge is -2.24. The highest BCUT2D eigenvalue weighted by atomic mass is 16.6. The number of nitrogens with zero attached hydrogens (tertiary/aromatic N) is 1. The van der Waals surface area contributed by atoms with Crippen molar-refractivity contribution in [3.05, 3.63) is 39.1 Å². The van der Waals surface area contributed by atoms with E-state index in [-0.39, 0.29) is 23.1 Å². The summed E-state index contributed by atoms with van der Waals surface area (Å²) in [4.78, 5) is 10.5. The zero-order valence-corrected chi connectivity index (χ0v) is 9.37. The molecule has 0 saturated carbocycles. The SMILES string of the molecule is O=[N+]([O-])C1=Cc2c(O)ccc(O)c2[C@H]2CCO[C@@H]12. The van der Waals surface area contributed by atoms with Crippen LogP contribution in [0.5, 0.6) is 11.5 Å². The van der Waals surface area contributed by atoms with Crippen LogP contribution in [0.15, 0.2) is 17.8 Å². The number of phenols is 2. The van der Waals surface area contributed by atoms with Gasteiger partial charge in [-0.25, -0.2) is 0 Å². The molecule has 6 nitrogen and oxygen atoms in total. The molecule has 0 amide bonds. The van der Waals surface area contributed by atoms with Crippen LogP contribution in [0.3, 0.4) is 0 Å². The maximum absolute atomic E-state index is 11.0. The van der Waals surface area contributed by atoms with Crippen LogP contribution in [0.25, 0.3) is 6.08 Å². The summed E-state index contributed by atoms with van der Waals surface area (Å²) >= 11 is 0. The molecule has 6 heteroatoms. The first kappa shape index (κ1) is 11.0. The number of phenolic OH excluding ortho intramolecular Hbond substituents is 2. The van der Waals surface area contributed by atoms with Gasteiger partial charge in [0.25, 0.3) is 5.70 Å². The Hall–Kier alpha value is -2.08. The molecule has 1 saturated heterocycles. The van der Waals surface area contributed by atoms with Crippen molar-refractivity contribution in [1.82, 2.24) is 0 Å². The van der Waals surface area contributed by atoms with Gasteiger partial charge in [0.15, 0.2) is 6.10 Å². The largest absolute Gasteiger partial charge is 0.508 e. The predicted octanol–water partition coefficient (Wildman–Crippen LogP) is 1.60. The number of nitro groups is 1. The normalized spacial score (nSPS) is 25.2. The Morgan fingerprint density at radius 1 is 1.33 bits per heavy atom. The van der Waals surface area contributed by atoms with Gasteiger partial charge in [-0.3, -0.25) is 10.1 Å². The minimum absolute atomic E-state index is 0.0435. The van der Waals surface area contributed by atoms with E-state index in [1.165, 1.54) is 18.2 Å². The van der Waals surface area contributed by atoms with E-state index in [0.717, 1.165) is 0 Å². The molecule has 0 aromatic heterocycles. The summed E-state index contributed by atoms with van der Waals surface area (Å²) in [6.45, 7) is 0.412. The van der Waals surface area contributed by atoms with Crippen molar-refractivity contribution >= 4 is 6.08 Å². The van der Waals surface area contributed by atoms with E-state index in [2.05, 4.69) is 0 Å². The number of hydrogen-bond acceptors (Lipinski definition) is 5. The molecule has 1 fully saturated rings. The van der Waals surface area contributed by atoms with Crippen molar-refractivity contribution in [2.24, 2.45) is 0 Å². The Balaban J connectivity index is 2.26. The summed E-state index contributed by atoms with van der Waals surface area (Å²) < 4.78 is 5.38. The van der Waals surface area contributed by atoms with Crippen LogP contribution in [-0.2, 0) is 4.74 Å². The Morgan fingerprint density at radius 2 is 2.06 bits per heavy atom. The summed E-state index contributed by atoms with van der Waals surface area (Å²) in [5.74, 6) is -0.285. The van der Waals surface area contributed by atoms with Crippen LogP contribution >= 0.6 is 0 Å². The molecular formula is C12H11NO5. The zero-order valence-electron chi connectivity index (χ0n) is 9.37. The van der Waals surface area contributed by atoms with E-state index in [1.807, 2.05) is 0 Å². The molecule has 1 aromatic carbocycles. The monoisotopic (exact) mass is 249 g/mol. The molecule has 2 N–H and O–H groups in total. The predicted molar refractivity (Wildman–Crippen MR) is 61.8 cm³/mol. The van der Waals surface area contributed by atoms with Gasteiger partial charge in [0.2, 0.25) is 0 Å². The molecule has 1 aromatic rings. The third kappa shape index (κ3) is 1.39. The van der Waals surface area contributed by atoms with E-state index < -0.39 is 11.0 Å². The average molecular weight is 249 g/mol. The highest BCUT2D eigenvalue weighted by Crippen LogP contribution is 2.47. The number of benzene rings is 1. The standard InChI is InChI=1S/C12H11NO5/c14-9-1-2-10(15)11-6-3-4-18-12(6)8(13(16)17)5-7(9)11/h1-2,5-6,12,14-15H,3-4H2/t6-,12-/m1/s1. The van der Waals surface area contributed by atoms with Crippen LogP contribution in [0, 0.1) is 10.1 Å². The molecular weight excluding hydrogens is 238 g/mol. The molecule has 18 heavy (non-hydrogen) atoms. The lowest BCUT2D eigenvalue weighted by Crippen LogP contribution is -2.25. The van der Waals surface area contributed by atoms with Gasteiger partial charge in [0.1, 0.15) is 11.5 Å². The molecule has 94 valence electrons. The first-order chi connectivity index (χ1) is 8.59. The second-order valence-electron chi connectivity index (χ2n) is 4.44. The Kier molecular flexibility index (Phi) is 2.27. The van der Waals surface area contributed by atoms with E-state index in [0.29, 0.717) is 24.2 Å². The van der Waals surface area contributed by atoms with Crippen molar-refractivity contribution < 1.29 is 19.9 Å². The quantitative estimate of drug-likeness (QED) is 0.448. The Morgan fingerprint density at radius 3 is 2.78 bits per heavy atom. The van der Waals surface area contributed by atoms with E-state index >= 15 is 0 Å². The summed E-state index contributed by atoms with van der Waals surface area (Å²) in [7, 11) is 0. The molecule has 0 bridgehead atoms. The highest BCUT2D eigenvalue weighted by Gasteiger charge is 2.44. The minimum atomic E-state index is -0.639. The fourth-order valence-electron chi connectivity index (χ4n) is 2.72. The van der Waals surface area contributed by atoms with Gasteiger partial charge in [0.05, 0.1) is 4.92 Å². The second-order valence-corrected chi connectivity index (χ2v) is 4.44. The van der Waals surface area contributed by atoms with Crippen molar-refractivity contribution in [3.63, 3.8) is 0 Å². The van der Waals surface area contributed by atoms with Crippen molar-refractivity contribution in [2.75, 3.05) is 6.61 Å². The number of rotatable bonds is 1. The van der Waals surface area contributed by atoms with Gasteiger partial charge in [-0.1, -0.05) is 0 Å². The zero-order chi connectivity index (χ0) is 12.9. The number of hydrogen-bond donors (Lipinski definition) is 2. The summed E-state index contributed by atoms with van der Waals surface area (Å²) in [6, 6.07) is 2.73. The van der Waals surface area contributed by atoms with Gasteiger partial charge in [-0.2, -0.15) is 0 Å². The molecule has 2 atom stereocenters. The van der Waals surface area contributed by atoms with Gasteiger partial charge in [-0.15, -0.1) is 0 Å². The molecule has 0 radical (unpaired) electrons. The maximum atomic E-state index is 11.0. The van der Waals surface area contributed by atoms with Crippen LogP contribution in [0.2, 0.25) is 0 Å². The van der Waals surface area contributed by atoms with Gasteiger partial charge < -0.3 is 14.9 Å². The van der Waals surface area contributed by atoms with E-state index in [1.54, 1.807) is 0 Å². The maximum Gasteiger partial charge on any atom is 0.276 e. The van der Waals surface area contributed by atoms with Crippen LogP contribution in [0.1, 0.15) is 23.5 Å². The lowest BCUT2D eigenvalue weighted by atomic mass is 9.82. The Bertz CT molecular complexity index is 566. The molecule has 2 aliphatic rings. The highest BCUT2D eigenvalue weighted by molar-refractivity contribution is 5.69. The molecule has 1 heterocycles. The Labute approximate surface area is 102 Å². The minimum Gasteiger partial charge on any atom is -0.508 e. The van der Waals surface area contributed by atoms with E-state index in [9.17, 15) is 20.3 Å². The third-order valence-corrected chi connectivity index (χ3v) is 3.50. The number of fused-ring (bicyclic) bond motifs is 3. The third-order valence-electron chi connectivity index (χ3n) is 3.50. The van der Waals surface area contributed by atoms with E-state index in [4.69, 9.17) is 4.74 Å². The van der Waals surface area contributed by atoms with Crippen molar-refractivity contribution in [1.29, 1.82) is 0 Å². The smallest absolute Gasteiger partial charge is 0.276 e. The lowest BCUT2D eigenvalue weighted by molar-refractivity contribution is -0.435. The van der Waals surface area contributed by atoms with Gasteiger partial charge in [0, 0.05) is 29.7 Å². The van der Waals surface area contributed by atoms with Gasteiger partial charge >= 0.3 is 0 Å². The molecule has 0 spiro atoms. The fourth-order valence-corrected chi connectivity index (χ4v) is 2.72. The summed E-state index contributed by atoms with van der Waals surface area (Å²) in [6.07, 6.45) is 1.25. The summed E-state index contributed by atoms with van der Waals surface area (Å²) in [5, 5.41) is 30.7. The van der Waals surface area contributed by atoms with Gasteiger partial charge in [-0.05, 0) is 18.6 Å². The fraction of sp³-hybridized carbons (Fsp3) is 0.333. The van der Waals surface area contributed by atoms with Crippen molar-refractivity contribution in [2.45, 2.75) is 18.4 Å². The summed E-state index contributed by atoms with van der Waals surface area (Å²) in [5.41, 5.74) is 0.808. The average Bonchev–Trinajstić information content (AvgIpc) is 2.81. The topological polar surface area (TPSA) is 92.8 Å². The molecule has 0 unspecified atom stereocenters. The van der Waals surface area contributed by atoms with Crippen molar-refractivity contribution in [3.8, 4) is 11.5 Å². The number of ether oxygens (including phenoxy) is 1. The second kappa shape index (κ2) is 3.71. The first-order valence-electron chi connectivity index (χ1n) is 5.62. The van der Waals surface area contributed by atoms with Crippen LogP contribution < -0.4 is 0 Å². The first-order valence-corrected chi connectivity index (χ1v) is 5.62. The molecule has 1 aliphatic carbocycles. The van der Waals surface area contributed by atoms with Crippen LogP contribution in [0.4, 0.5) is 0 Å².